The van der Waals surface area contributed by atoms with Crippen molar-refractivity contribution in [1.29, 1.82) is 0 Å². The van der Waals surface area contributed by atoms with Gasteiger partial charge < -0.3 is 9.47 Å². The van der Waals surface area contributed by atoms with Crippen LogP contribution in [0.1, 0.15) is 22.8 Å². The quantitative estimate of drug-likeness (QED) is 0.774. The van der Waals surface area contributed by atoms with Gasteiger partial charge in [-0.15, -0.1) is 0 Å². The molecule has 122 valence electrons. The molecule has 0 unspecified atom stereocenters. The van der Waals surface area contributed by atoms with Crippen LogP contribution in [0.15, 0.2) is 42.5 Å². The highest BCUT2D eigenvalue weighted by atomic mass is 19.4. The zero-order valence-electron chi connectivity index (χ0n) is 12.6. The first-order chi connectivity index (χ1) is 10.9. The van der Waals surface area contributed by atoms with Gasteiger partial charge in [0.15, 0.2) is 0 Å². The highest BCUT2D eigenvalue weighted by Crippen LogP contribution is 2.33. The van der Waals surface area contributed by atoms with E-state index in [0.29, 0.717) is 16.9 Å². The largest absolute Gasteiger partial charge is 0.496 e. The Morgan fingerprint density at radius 3 is 2.39 bits per heavy atom. The average molecular weight is 324 g/mol. The van der Waals surface area contributed by atoms with Gasteiger partial charge in [-0.2, -0.15) is 13.2 Å². The Bertz CT molecular complexity index is 708. The van der Waals surface area contributed by atoms with Crippen LogP contribution in [0.4, 0.5) is 13.2 Å². The molecule has 23 heavy (non-hydrogen) atoms. The van der Waals surface area contributed by atoms with E-state index in [0.717, 1.165) is 12.1 Å². The van der Waals surface area contributed by atoms with Gasteiger partial charge in [-0.25, -0.2) is 4.79 Å². The average Bonchev–Trinajstić information content (AvgIpc) is 2.54. The summed E-state index contributed by atoms with van der Waals surface area (Å²) in [5, 5.41) is 0. The van der Waals surface area contributed by atoms with Gasteiger partial charge in [-0.3, -0.25) is 0 Å². The SMILES string of the molecule is CCOC(=O)c1cc(-c2cccc(C(F)(F)F)c2)ccc1OC. The summed E-state index contributed by atoms with van der Waals surface area (Å²) in [6.45, 7) is 1.86. The van der Waals surface area contributed by atoms with E-state index >= 15 is 0 Å². The van der Waals surface area contributed by atoms with Crippen molar-refractivity contribution < 1.29 is 27.4 Å². The third-order valence-electron chi connectivity index (χ3n) is 3.22. The normalized spacial score (nSPS) is 11.2. The number of ether oxygens (including phenoxy) is 2. The van der Waals surface area contributed by atoms with Crippen LogP contribution < -0.4 is 4.74 Å². The number of halogens is 3. The van der Waals surface area contributed by atoms with Crippen molar-refractivity contribution in [3.05, 3.63) is 53.6 Å². The first kappa shape index (κ1) is 16.9. The minimum absolute atomic E-state index is 0.171. The zero-order valence-corrected chi connectivity index (χ0v) is 12.6. The molecule has 0 aliphatic heterocycles. The molecule has 2 aromatic rings. The van der Waals surface area contributed by atoms with E-state index in [4.69, 9.17) is 9.47 Å². The van der Waals surface area contributed by atoms with Gasteiger partial charge in [-0.1, -0.05) is 18.2 Å². The summed E-state index contributed by atoms with van der Waals surface area (Å²) in [7, 11) is 1.40. The van der Waals surface area contributed by atoms with E-state index < -0.39 is 17.7 Å². The van der Waals surface area contributed by atoms with Crippen LogP contribution in [-0.4, -0.2) is 19.7 Å². The molecule has 3 nitrogen and oxygen atoms in total. The van der Waals surface area contributed by atoms with Crippen LogP contribution in [0.2, 0.25) is 0 Å². The highest BCUT2D eigenvalue weighted by molar-refractivity contribution is 5.94. The van der Waals surface area contributed by atoms with E-state index in [2.05, 4.69) is 0 Å². The van der Waals surface area contributed by atoms with Gasteiger partial charge in [0.2, 0.25) is 0 Å². The lowest BCUT2D eigenvalue weighted by Crippen LogP contribution is -2.07. The molecule has 0 heterocycles. The molecular weight excluding hydrogens is 309 g/mol. The van der Waals surface area contributed by atoms with Crippen LogP contribution in [0.5, 0.6) is 5.75 Å². The maximum Gasteiger partial charge on any atom is 0.416 e. The number of alkyl halides is 3. The molecule has 2 aromatic carbocycles. The molecule has 0 fully saturated rings. The summed E-state index contributed by atoms with van der Waals surface area (Å²) in [4.78, 5) is 12.0. The van der Waals surface area contributed by atoms with Gasteiger partial charge in [0.05, 0.1) is 19.3 Å². The Hall–Kier alpha value is -2.50. The van der Waals surface area contributed by atoms with Crippen LogP contribution in [-0.2, 0) is 10.9 Å². The predicted octanol–water partition coefficient (Wildman–Crippen LogP) is 4.56. The number of carbonyl (C=O) groups is 1. The first-order valence-electron chi connectivity index (χ1n) is 6.89. The fraction of sp³-hybridized carbons (Fsp3) is 0.235. The molecule has 0 bridgehead atoms. The maximum absolute atomic E-state index is 12.8. The van der Waals surface area contributed by atoms with Crippen molar-refractivity contribution in [1.82, 2.24) is 0 Å². The lowest BCUT2D eigenvalue weighted by molar-refractivity contribution is -0.137. The summed E-state index contributed by atoms with van der Waals surface area (Å²) >= 11 is 0. The number of benzene rings is 2. The molecule has 0 spiro atoms. The zero-order chi connectivity index (χ0) is 17.0. The third kappa shape index (κ3) is 3.83. The highest BCUT2D eigenvalue weighted by Gasteiger charge is 2.30. The Balaban J connectivity index is 2.48. The van der Waals surface area contributed by atoms with Crippen molar-refractivity contribution in [2.75, 3.05) is 13.7 Å². The van der Waals surface area contributed by atoms with E-state index in [1.165, 1.54) is 25.3 Å². The molecule has 0 atom stereocenters. The lowest BCUT2D eigenvalue weighted by atomic mass is 10.0. The summed E-state index contributed by atoms with van der Waals surface area (Å²) in [5.74, 6) is -0.280. The maximum atomic E-state index is 12.8. The van der Waals surface area contributed by atoms with E-state index in [-0.39, 0.29) is 12.2 Å². The fourth-order valence-corrected chi connectivity index (χ4v) is 2.13. The van der Waals surface area contributed by atoms with E-state index in [1.807, 2.05) is 0 Å². The van der Waals surface area contributed by atoms with Gasteiger partial charge in [0.1, 0.15) is 11.3 Å². The second-order valence-corrected chi connectivity index (χ2v) is 4.71. The second kappa shape index (κ2) is 6.73. The number of carbonyl (C=O) groups excluding carboxylic acids is 1. The first-order valence-corrected chi connectivity index (χ1v) is 6.89. The Morgan fingerprint density at radius 2 is 1.78 bits per heavy atom. The number of rotatable bonds is 4. The van der Waals surface area contributed by atoms with Gasteiger partial charge in [0, 0.05) is 0 Å². The van der Waals surface area contributed by atoms with Crippen molar-refractivity contribution in [3.8, 4) is 16.9 Å². The van der Waals surface area contributed by atoms with Crippen molar-refractivity contribution in [3.63, 3.8) is 0 Å². The molecule has 0 aromatic heterocycles. The van der Waals surface area contributed by atoms with Crippen molar-refractivity contribution in [2.45, 2.75) is 13.1 Å². The van der Waals surface area contributed by atoms with Crippen LogP contribution in [0.25, 0.3) is 11.1 Å². The van der Waals surface area contributed by atoms with Crippen LogP contribution in [0, 0.1) is 0 Å². The standard InChI is InChI=1S/C17H15F3O3/c1-3-23-16(21)14-10-12(7-8-15(14)22-2)11-5-4-6-13(9-11)17(18,19)20/h4-10H,3H2,1-2H3. The van der Waals surface area contributed by atoms with Crippen molar-refractivity contribution >= 4 is 5.97 Å². The fourth-order valence-electron chi connectivity index (χ4n) is 2.13. The summed E-state index contributed by atoms with van der Waals surface area (Å²) in [5.41, 5.74) is 0.251. The summed E-state index contributed by atoms with van der Waals surface area (Å²) in [6.07, 6.45) is -4.42. The number of hydrogen-bond acceptors (Lipinski definition) is 3. The molecular formula is C17H15F3O3. The van der Waals surface area contributed by atoms with Gasteiger partial charge >= 0.3 is 12.1 Å². The van der Waals surface area contributed by atoms with E-state index in [9.17, 15) is 18.0 Å². The van der Waals surface area contributed by atoms with E-state index in [1.54, 1.807) is 19.1 Å². The predicted molar refractivity (Wildman–Crippen MR) is 79.4 cm³/mol. The molecule has 0 aliphatic carbocycles. The topological polar surface area (TPSA) is 35.5 Å². The number of hydrogen-bond donors (Lipinski definition) is 0. The monoisotopic (exact) mass is 324 g/mol. The third-order valence-corrected chi connectivity index (χ3v) is 3.22. The molecule has 2 rings (SSSR count). The molecule has 0 aliphatic rings. The molecule has 6 heteroatoms. The number of esters is 1. The van der Waals surface area contributed by atoms with Gasteiger partial charge in [-0.05, 0) is 42.3 Å². The smallest absolute Gasteiger partial charge is 0.416 e. The minimum Gasteiger partial charge on any atom is -0.496 e. The Kier molecular flexibility index (Phi) is 4.93. The lowest BCUT2D eigenvalue weighted by Gasteiger charge is -2.12. The van der Waals surface area contributed by atoms with Crippen molar-refractivity contribution in [2.24, 2.45) is 0 Å². The van der Waals surface area contributed by atoms with Gasteiger partial charge in [0.25, 0.3) is 0 Å². The Labute approximate surface area is 131 Å². The molecule has 0 saturated carbocycles. The summed E-state index contributed by atoms with van der Waals surface area (Å²) in [6, 6.07) is 9.50. The summed E-state index contributed by atoms with van der Waals surface area (Å²) < 4.78 is 48.5. The molecule has 0 saturated heterocycles. The minimum atomic E-state index is -4.42. The van der Waals surface area contributed by atoms with Crippen LogP contribution in [0.3, 0.4) is 0 Å². The second-order valence-electron chi connectivity index (χ2n) is 4.71. The number of methoxy groups -OCH3 is 1. The molecule has 0 amide bonds. The Morgan fingerprint density at radius 1 is 1.09 bits per heavy atom. The molecule has 0 radical (unpaired) electrons. The molecule has 0 N–H and O–H groups in total. The van der Waals surface area contributed by atoms with Crippen LogP contribution >= 0.6 is 0 Å².